The van der Waals surface area contributed by atoms with Gasteiger partial charge < -0.3 is 10.0 Å². The highest BCUT2D eigenvalue weighted by molar-refractivity contribution is 5.55. The fraction of sp³-hybridized carbons (Fsp3) is 0.571. The lowest BCUT2D eigenvalue weighted by Crippen LogP contribution is -2.56. The lowest BCUT2D eigenvalue weighted by atomic mass is 9.82. The highest BCUT2D eigenvalue weighted by Gasteiger charge is 2.73. The van der Waals surface area contributed by atoms with E-state index in [1.165, 1.54) is 37.2 Å². The van der Waals surface area contributed by atoms with Crippen LogP contribution in [0.2, 0.25) is 0 Å². The quantitative estimate of drug-likeness (QED) is 0.826. The molecule has 9 heteroatoms. The maximum Gasteiger partial charge on any atom is 0.431 e. The Morgan fingerprint density at radius 2 is 1.35 bits per heavy atom. The van der Waals surface area contributed by atoms with E-state index in [0.29, 0.717) is 0 Å². The average Bonchev–Trinajstić information content (AvgIpc) is 2.35. The SMILES string of the molecule is CN(C)c1ccccc1C(C)(O)CC(F)(C(F)(F)F)C(F)(F)F. The van der Waals surface area contributed by atoms with Crippen LogP contribution in [0.1, 0.15) is 18.9 Å². The minimum Gasteiger partial charge on any atom is -0.385 e. The number of benzene rings is 1. The Bertz CT molecular complexity index is 535. The fourth-order valence-corrected chi connectivity index (χ4v) is 2.25. The summed E-state index contributed by atoms with van der Waals surface area (Å²) in [6.45, 7) is 0.723. The van der Waals surface area contributed by atoms with Crippen LogP contribution in [0.25, 0.3) is 0 Å². The summed E-state index contributed by atoms with van der Waals surface area (Å²) in [6.07, 6.45) is -14.6. The number of rotatable bonds is 4. The zero-order valence-corrected chi connectivity index (χ0v) is 12.6. The van der Waals surface area contributed by atoms with Gasteiger partial charge in [-0.15, -0.1) is 0 Å². The van der Waals surface area contributed by atoms with Crippen LogP contribution >= 0.6 is 0 Å². The zero-order chi connectivity index (χ0) is 18.3. The van der Waals surface area contributed by atoms with Crippen LogP contribution in [0.5, 0.6) is 0 Å². The summed E-state index contributed by atoms with van der Waals surface area (Å²) in [7, 11) is 2.98. The van der Waals surface area contributed by atoms with Gasteiger partial charge >= 0.3 is 18.0 Å². The van der Waals surface area contributed by atoms with Crippen molar-refractivity contribution in [3.63, 3.8) is 0 Å². The van der Waals surface area contributed by atoms with Gasteiger partial charge in [-0.05, 0) is 13.0 Å². The molecule has 0 aliphatic carbocycles. The normalized spacial score (nSPS) is 16.1. The van der Waals surface area contributed by atoms with Crippen LogP contribution in [0.15, 0.2) is 24.3 Å². The third-order valence-corrected chi connectivity index (χ3v) is 3.45. The van der Waals surface area contributed by atoms with E-state index < -0.39 is 30.0 Å². The second kappa shape index (κ2) is 5.85. The largest absolute Gasteiger partial charge is 0.431 e. The Kier molecular flexibility index (Phi) is 4.97. The summed E-state index contributed by atoms with van der Waals surface area (Å²) in [4.78, 5) is 1.39. The second-order valence-corrected chi connectivity index (χ2v) is 5.66. The Morgan fingerprint density at radius 3 is 1.74 bits per heavy atom. The molecule has 0 fully saturated rings. The maximum absolute atomic E-state index is 13.9. The van der Waals surface area contributed by atoms with Crippen molar-refractivity contribution in [2.24, 2.45) is 0 Å². The molecule has 1 rings (SSSR count). The molecule has 0 saturated heterocycles. The predicted molar refractivity (Wildman–Crippen MR) is 70.9 cm³/mol. The van der Waals surface area contributed by atoms with E-state index in [9.17, 15) is 35.8 Å². The number of para-hydroxylation sites is 1. The van der Waals surface area contributed by atoms with Crippen molar-refractivity contribution in [3.05, 3.63) is 29.8 Å². The van der Waals surface area contributed by atoms with Gasteiger partial charge in [-0.25, -0.2) is 4.39 Å². The van der Waals surface area contributed by atoms with Crippen molar-refractivity contribution in [3.8, 4) is 0 Å². The van der Waals surface area contributed by atoms with Gasteiger partial charge in [0.15, 0.2) is 0 Å². The molecule has 1 atom stereocenters. The molecule has 1 unspecified atom stereocenters. The van der Waals surface area contributed by atoms with E-state index in [1.807, 2.05) is 0 Å². The van der Waals surface area contributed by atoms with Crippen LogP contribution in [0.3, 0.4) is 0 Å². The standard InChI is InChI=1S/C14H16F7NO/c1-11(23,9-6-4-5-7-10(9)22(2)3)8-12(15,13(16,17)18)14(19,20)21/h4-7,23H,8H2,1-3H3. The molecule has 0 bridgehead atoms. The Hall–Kier alpha value is -1.51. The maximum atomic E-state index is 13.9. The fourth-order valence-electron chi connectivity index (χ4n) is 2.25. The molecule has 2 nitrogen and oxygen atoms in total. The highest BCUT2D eigenvalue weighted by Crippen LogP contribution is 2.52. The smallest absolute Gasteiger partial charge is 0.385 e. The number of aliphatic hydroxyl groups is 1. The molecule has 0 radical (unpaired) electrons. The summed E-state index contributed by atoms with van der Waals surface area (Å²) in [6, 6.07) is 5.37. The highest BCUT2D eigenvalue weighted by atomic mass is 19.4. The van der Waals surface area contributed by atoms with E-state index in [4.69, 9.17) is 0 Å². The molecule has 0 aromatic heterocycles. The zero-order valence-electron chi connectivity index (χ0n) is 12.6. The van der Waals surface area contributed by atoms with Crippen molar-refractivity contribution in [2.75, 3.05) is 19.0 Å². The first kappa shape index (κ1) is 19.5. The lowest BCUT2D eigenvalue weighted by Gasteiger charge is -2.37. The first-order valence-electron chi connectivity index (χ1n) is 6.45. The van der Waals surface area contributed by atoms with E-state index in [-0.39, 0.29) is 11.3 Å². The molecule has 0 spiro atoms. The molecule has 0 amide bonds. The number of nitrogens with zero attached hydrogens (tertiary/aromatic N) is 1. The Morgan fingerprint density at radius 1 is 0.913 bits per heavy atom. The third kappa shape index (κ3) is 3.70. The van der Waals surface area contributed by atoms with Gasteiger partial charge in [0.1, 0.15) is 0 Å². The van der Waals surface area contributed by atoms with Crippen molar-refractivity contribution in [1.29, 1.82) is 0 Å². The van der Waals surface area contributed by atoms with Gasteiger partial charge in [0.05, 0.1) is 5.60 Å². The van der Waals surface area contributed by atoms with E-state index in [0.717, 1.165) is 13.0 Å². The van der Waals surface area contributed by atoms with Gasteiger partial charge in [-0.3, -0.25) is 0 Å². The lowest BCUT2D eigenvalue weighted by molar-refractivity contribution is -0.352. The molecular weight excluding hydrogens is 331 g/mol. The van der Waals surface area contributed by atoms with Crippen LogP contribution in [-0.4, -0.2) is 37.2 Å². The van der Waals surface area contributed by atoms with Crippen molar-refractivity contribution in [1.82, 2.24) is 0 Å². The van der Waals surface area contributed by atoms with Crippen molar-refractivity contribution < 1.29 is 35.8 Å². The molecule has 23 heavy (non-hydrogen) atoms. The van der Waals surface area contributed by atoms with Crippen molar-refractivity contribution in [2.45, 2.75) is 37.0 Å². The number of alkyl halides is 7. The number of anilines is 1. The van der Waals surface area contributed by atoms with Crippen LogP contribution < -0.4 is 4.90 Å². The van der Waals surface area contributed by atoms with Crippen LogP contribution in [-0.2, 0) is 5.60 Å². The van der Waals surface area contributed by atoms with E-state index in [2.05, 4.69) is 0 Å². The topological polar surface area (TPSA) is 23.5 Å². The molecule has 132 valence electrons. The molecular formula is C14H16F7NO. The minimum absolute atomic E-state index is 0.184. The van der Waals surface area contributed by atoms with Gasteiger partial charge in [0.2, 0.25) is 0 Å². The first-order valence-corrected chi connectivity index (χ1v) is 6.45. The third-order valence-electron chi connectivity index (χ3n) is 3.45. The summed E-state index contributed by atoms with van der Waals surface area (Å²) in [5.74, 6) is 0. The molecule has 0 aliphatic rings. The summed E-state index contributed by atoms with van der Waals surface area (Å²) in [5, 5.41) is 10.2. The van der Waals surface area contributed by atoms with E-state index >= 15 is 0 Å². The summed E-state index contributed by atoms with van der Waals surface area (Å²) in [5.41, 5.74) is -8.27. The number of hydrogen-bond acceptors (Lipinski definition) is 2. The predicted octanol–water partition coefficient (Wildman–Crippen LogP) is 4.18. The van der Waals surface area contributed by atoms with Crippen molar-refractivity contribution >= 4 is 5.69 Å². The first-order chi connectivity index (χ1) is 10.1. The summed E-state index contributed by atoms with van der Waals surface area (Å²) >= 11 is 0. The van der Waals surface area contributed by atoms with Crippen LogP contribution in [0, 0.1) is 0 Å². The molecule has 0 saturated carbocycles. The van der Waals surface area contributed by atoms with Gasteiger partial charge in [-0.1, -0.05) is 18.2 Å². The Balaban J connectivity index is 3.39. The molecule has 0 heterocycles. The number of hydrogen-bond donors (Lipinski definition) is 1. The Labute approximate surface area is 128 Å². The molecule has 1 aromatic rings. The monoisotopic (exact) mass is 347 g/mol. The van der Waals surface area contributed by atoms with Crippen LogP contribution in [0.4, 0.5) is 36.4 Å². The van der Waals surface area contributed by atoms with Gasteiger partial charge in [0.25, 0.3) is 0 Å². The number of halogens is 7. The van der Waals surface area contributed by atoms with Gasteiger partial charge in [-0.2, -0.15) is 26.3 Å². The minimum atomic E-state index is -6.21. The average molecular weight is 347 g/mol. The molecule has 1 aromatic carbocycles. The van der Waals surface area contributed by atoms with Gasteiger partial charge in [0, 0.05) is 31.8 Å². The molecule has 1 N–H and O–H groups in total. The van der Waals surface area contributed by atoms with E-state index in [1.54, 1.807) is 0 Å². The summed E-state index contributed by atoms with van der Waals surface area (Å²) < 4.78 is 90.0. The molecule has 0 aliphatic heterocycles. The second-order valence-electron chi connectivity index (χ2n) is 5.66.